The molecule has 4 amide bonds. The van der Waals surface area contributed by atoms with Crippen molar-refractivity contribution < 1.29 is 38.5 Å². The van der Waals surface area contributed by atoms with Crippen molar-refractivity contribution in [2.45, 2.75) is 78.0 Å². The molecule has 4 fully saturated rings. The van der Waals surface area contributed by atoms with Crippen molar-refractivity contribution in [1.82, 2.24) is 29.4 Å². The number of urea groups is 1. The highest BCUT2D eigenvalue weighted by Gasteiger charge is 2.37. The molecule has 5 aliphatic rings. The molecule has 15 heteroatoms. The molecular formula is C44H65N7O8. The summed E-state index contributed by atoms with van der Waals surface area (Å²) >= 11 is 0. The third kappa shape index (κ3) is 11.4. The molecule has 0 saturated carbocycles. The highest BCUT2D eigenvalue weighted by Crippen LogP contribution is 2.28. The molecule has 0 bridgehead atoms. The minimum atomic E-state index is -1.02. The Hall–Kier alpha value is -4.44. The highest BCUT2D eigenvalue weighted by molar-refractivity contribution is 5.91. The minimum Gasteiger partial charge on any atom is -0.507 e. The zero-order valence-electron chi connectivity index (χ0n) is 34.2. The molecular weight excluding hydrogens is 755 g/mol. The fraction of sp³-hybridized carbons (Fsp3) is 0.636. The number of para-hydroxylation sites is 1. The van der Waals surface area contributed by atoms with Gasteiger partial charge in [-0.05, 0) is 74.3 Å². The maximum absolute atomic E-state index is 14.2. The van der Waals surface area contributed by atoms with Crippen molar-refractivity contribution in [3.05, 3.63) is 58.7 Å². The molecule has 59 heavy (non-hydrogen) atoms. The van der Waals surface area contributed by atoms with E-state index in [9.17, 15) is 24.3 Å². The summed E-state index contributed by atoms with van der Waals surface area (Å²) in [5.41, 5.74) is 4.19. The monoisotopic (exact) mass is 819 g/mol. The van der Waals surface area contributed by atoms with Crippen LogP contribution in [0.15, 0.2) is 36.4 Å². The third-order valence-corrected chi connectivity index (χ3v) is 12.6. The van der Waals surface area contributed by atoms with Crippen LogP contribution in [-0.4, -0.2) is 182 Å². The number of anilines is 1. The Kier molecular flexibility index (Phi) is 15.5. The molecule has 0 radical (unpaired) electrons. The number of aryl methyl sites for hydroxylation is 2. The van der Waals surface area contributed by atoms with Crippen molar-refractivity contribution in [3.63, 3.8) is 0 Å². The first kappa shape index (κ1) is 44.1. The predicted molar refractivity (Wildman–Crippen MR) is 225 cm³/mol. The van der Waals surface area contributed by atoms with Crippen molar-refractivity contribution in [1.29, 1.82) is 0 Å². The Bertz CT molecular complexity index is 1720. The zero-order valence-corrected chi connectivity index (χ0v) is 34.2. The number of phenols is 1. The minimum absolute atomic E-state index is 0. The maximum atomic E-state index is 14.2. The molecule has 324 valence electrons. The van der Waals surface area contributed by atoms with Gasteiger partial charge in [0.25, 0.3) is 5.91 Å². The first-order valence-corrected chi connectivity index (χ1v) is 21.2. The van der Waals surface area contributed by atoms with Gasteiger partial charge in [0.2, 0.25) is 0 Å². The number of hydrogen-bond donors (Lipinski definition) is 2. The van der Waals surface area contributed by atoms with E-state index in [1.165, 1.54) is 0 Å². The van der Waals surface area contributed by atoms with Crippen LogP contribution in [0, 0.1) is 13.8 Å². The number of morpholine rings is 1. The number of likely N-dealkylation sites (tertiary alicyclic amines) is 2. The van der Waals surface area contributed by atoms with Gasteiger partial charge in [0.1, 0.15) is 12.4 Å². The molecule has 15 nitrogen and oxygen atoms in total. The first-order valence-electron chi connectivity index (χ1n) is 21.2. The van der Waals surface area contributed by atoms with Gasteiger partial charge >= 0.3 is 18.1 Å². The number of carbonyl (C=O) groups excluding carboxylic acids is 4. The Balaban J connectivity index is 0.00000585. The summed E-state index contributed by atoms with van der Waals surface area (Å²) in [5.74, 6) is -0.169. The number of carbonyl (C=O) groups is 4. The number of nitrogens with zero attached hydrogens (tertiary/aromatic N) is 6. The van der Waals surface area contributed by atoms with Crippen LogP contribution in [0.25, 0.3) is 0 Å². The second kappa shape index (κ2) is 20.7. The Morgan fingerprint density at radius 1 is 0.831 bits per heavy atom. The zero-order chi connectivity index (χ0) is 40.6. The number of phenolic OH excluding ortho intramolecular Hbond substituents is 1. The molecule has 0 unspecified atom stereocenters. The smallest absolute Gasteiger partial charge is 0.410 e. The molecule has 2 aromatic rings. The average Bonchev–Trinajstić information content (AvgIpc) is 3.41. The standard InChI is InChI=1S/C43H61N7O8.CH4/c1-31-27-33(28-32(2)40(31)52)29-38(58-43(55)49-14-10-36(11-15-49)50-16-7-34-5-3-4-6-37(34)44-42(50)54)41(53)48-12-8-35(9-13-48)47-19-17-46(18-20-47)30-39(51)57-26-23-45-21-24-56-25-22-45;/h3-6,27-28,35-36,38,52H,7-26,29-30H2,1-2H3,(H,44,54);1H4/t38-;/m1./s1. The van der Waals surface area contributed by atoms with Crippen LogP contribution in [0.5, 0.6) is 5.75 Å². The van der Waals surface area contributed by atoms with E-state index >= 15 is 0 Å². The van der Waals surface area contributed by atoms with E-state index in [0.717, 1.165) is 95.1 Å². The quantitative estimate of drug-likeness (QED) is 0.320. The van der Waals surface area contributed by atoms with Gasteiger partial charge in [-0.15, -0.1) is 0 Å². The summed E-state index contributed by atoms with van der Waals surface area (Å²) in [4.78, 5) is 65.9. The lowest BCUT2D eigenvalue weighted by Crippen LogP contribution is -2.55. The fourth-order valence-electron chi connectivity index (χ4n) is 9.13. The summed E-state index contributed by atoms with van der Waals surface area (Å²) in [7, 11) is 0. The van der Waals surface area contributed by atoms with Crippen molar-refractivity contribution in [3.8, 4) is 5.75 Å². The number of piperidine rings is 2. The van der Waals surface area contributed by atoms with Crippen molar-refractivity contribution in [2.75, 3.05) is 110 Å². The molecule has 2 N–H and O–H groups in total. The number of esters is 1. The molecule has 0 aromatic heterocycles. The number of nitrogens with one attached hydrogen (secondary N) is 1. The van der Waals surface area contributed by atoms with E-state index in [2.05, 4.69) is 20.0 Å². The predicted octanol–water partition coefficient (Wildman–Crippen LogP) is 3.73. The number of rotatable bonds is 11. The normalized spacial score (nSPS) is 20.8. The molecule has 1 atom stereocenters. The van der Waals surface area contributed by atoms with E-state index < -0.39 is 12.2 Å². The maximum Gasteiger partial charge on any atom is 0.410 e. The van der Waals surface area contributed by atoms with Crippen LogP contribution >= 0.6 is 0 Å². The van der Waals surface area contributed by atoms with Gasteiger partial charge in [0, 0.05) is 103 Å². The summed E-state index contributed by atoms with van der Waals surface area (Å²) in [6.45, 7) is 14.2. The summed E-state index contributed by atoms with van der Waals surface area (Å²) < 4.78 is 17.0. The summed E-state index contributed by atoms with van der Waals surface area (Å²) in [5, 5.41) is 13.5. The van der Waals surface area contributed by atoms with Gasteiger partial charge in [-0.3, -0.25) is 24.3 Å². The molecule has 5 heterocycles. The number of amides is 4. The van der Waals surface area contributed by atoms with Crippen LogP contribution in [-0.2, 0) is 36.6 Å². The van der Waals surface area contributed by atoms with Gasteiger partial charge in [0.15, 0.2) is 6.10 Å². The number of piperazine rings is 1. The molecule has 4 saturated heterocycles. The van der Waals surface area contributed by atoms with E-state index in [0.29, 0.717) is 75.9 Å². The lowest BCUT2D eigenvalue weighted by atomic mass is 9.98. The van der Waals surface area contributed by atoms with Crippen molar-refractivity contribution >= 4 is 29.7 Å². The lowest BCUT2D eigenvalue weighted by molar-refractivity contribution is -0.146. The number of hydrogen-bond acceptors (Lipinski definition) is 11. The topological polar surface area (TPSA) is 148 Å². The van der Waals surface area contributed by atoms with E-state index in [1.54, 1.807) is 4.90 Å². The molecule has 2 aromatic carbocycles. The fourth-order valence-corrected chi connectivity index (χ4v) is 9.13. The number of benzene rings is 2. The number of aromatic hydroxyl groups is 1. The largest absolute Gasteiger partial charge is 0.507 e. The Morgan fingerprint density at radius 3 is 2.17 bits per heavy atom. The van der Waals surface area contributed by atoms with Crippen LogP contribution in [0.1, 0.15) is 55.4 Å². The van der Waals surface area contributed by atoms with Crippen LogP contribution in [0.3, 0.4) is 0 Å². The molecule has 0 spiro atoms. The Morgan fingerprint density at radius 2 is 1.47 bits per heavy atom. The molecule has 5 aliphatic heterocycles. The van der Waals surface area contributed by atoms with E-state index in [4.69, 9.17) is 14.2 Å². The average molecular weight is 820 g/mol. The first-order chi connectivity index (χ1) is 28.1. The van der Waals surface area contributed by atoms with Gasteiger partial charge in [-0.2, -0.15) is 0 Å². The summed E-state index contributed by atoms with van der Waals surface area (Å²) in [6, 6.07) is 11.8. The summed E-state index contributed by atoms with van der Waals surface area (Å²) in [6.07, 6.45) is 2.30. The second-order valence-electron chi connectivity index (χ2n) is 16.4. The number of fused-ring (bicyclic) bond motifs is 1. The van der Waals surface area contributed by atoms with Gasteiger partial charge in [-0.25, -0.2) is 9.59 Å². The van der Waals surface area contributed by atoms with Crippen LogP contribution < -0.4 is 5.32 Å². The van der Waals surface area contributed by atoms with E-state index in [-0.39, 0.29) is 43.5 Å². The molecule has 0 aliphatic carbocycles. The van der Waals surface area contributed by atoms with Gasteiger partial charge in [0.05, 0.1) is 19.8 Å². The molecule has 7 rings (SSSR count). The van der Waals surface area contributed by atoms with Crippen molar-refractivity contribution in [2.24, 2.45) is 0 Å². The second-order valence-corrected chi connectivity index (χ2v) is 16.4. The van der Waals surface area contributed by atoms with Gasteiger partial charge < -0.3 is 39.3 Å². The third-order valence-electron chi connectivity index (χ3n) is 12.6. The van der Waals surface area contributed by atoms with Gasteiger partial charge in [-0.1, -0.05) is 37.8 Å². The SMILES string of the molecule is C.Cc1cc(C[C@@H](OC(=O)N2CCC(N3CCc4ccccc4NC3=O)CC2)C(=O)N2CCC(N3CCN(CC(=O)OCCN4CCOCC4)CC3)CC2)cc(C)c1O. The van der Waals surface area contributed by atoms with Crippen LogP contribution in [0.2, 0.25) is 0 Å². The Labute approximate surface area is 349 Å². The highest BCUT2D eigenvalue weighted by atomic mass is 16.6. The van der Waals surface area contributed by atoms with E-state index in [1.807, 2.05) is 60.0 Å². The van der Waals surface area contributed by atoms with Crippen LogP contribution in [0.4, 0.5) is 15.3 Å². The lowest BCUT2D eigenvalue weighted by Gasteiger charge is -2.43. The number of ether oxygens (including phenoxy) is 3.